The molecule has 2 N–H and O–H groups in total. The molecule has 21 heavy (non-hydrogen) atoms. The Morgan fingerprint density at radius 3 is 2.76 bits per heavy atom. The molecule has 0 radical (unpaired) electrons. The average molecular weight is 307 g/mol. The molecule has 0 bridgehead atoms. The van der Waals surface area contributed by atoms with E-state index in [1.54, 1.807) is 11.8 Å². The number of thioether (sulfide) groups is 1. The number of hydrogen-bond donors (Lipinski definition) is 2. The van der Waals surface area contributed by atoms with Crippen LogP contribution in [-0.2, 0) is 0 Å². The Morgan fingerprint density at radius 1 is 1.38 bits per heavy atom. The fourth-order valence-electron chi connectivity index (χ4n) is 3.23. The molecule has 0 heterocycles. The van der Waals surface area contributed by atoms with E-state index in [1.165, 1.54) is 12.8 Å². The highest BCUT2D eigenvalue weighted by atomic mass is 32.2. The summed E-state index contributed by atoms with van der Waals surface area (Å²) >= 11 is 1.59. The summed E-state index contributed by atoms with van der Waals surface area (Å²) < 4.78 is 0. The van der Waals surface area contributed by atoms with Crippen LogP contribution in [0.1, 0.15) is 50.4 Å². The van der Waals surface area contributed by atoms with Crippen molar-refractivity contribution in [3.05, 3.63) is 23.8 Å². The summed E-state index contributed by atoms with van der Waals surface area (Å²) in [6, 6.07) is 6.12. The van der Waals surface area contributed by atoms with Crippen molar-refractivity contribution in [3.8, 4) is 0 Å². The monoisotopic (exact) mass is 307 g/mol. The van der Waals surface area contributed by atoms with Gasteiger partial charge in [0.15, 0.2) is 0 Å². The molecule has 1 aliphatic rings. The molecular formula is C17H25NO2S. The fraction of sp³-hybridized carbons (Fsp3) is 0.588. The Kier molecular flexibility index (Phi) is 5.57. The van der Waals surface area contributed by atoms with E-state index in [-0.39, 0.29) is 0 Å². The molecule has 1 aliphatic carbocycles. The molecule has 1 saturated carbocycles. The van der Waals surface area contributed by atoms with Gasteiger partial charge >= 0.3 is 5.97 Å². The van der Waals surface area contributed by atoms with Crippen LogP contribution in [0.2, 0.25) is 0 Å². The first kappa shape index (κ1) is 16.2. The van der Waals surface area contributed by atoms with E-state index in [9.17, 15) is 9.90 Å². The highest BCUT2D eigenvalue weighted by molar-refractivity contribution is 7.99. The maximum atomic E-state index is 11.6. The lowest BCUT2D eigenvalue weighted by Gasteiger charge is -2.34. The molecule has 1 fully saturated rings. The quantitative estimate of drug-likeness (QED) is 0.772. The fourth-order valence-corrected chi connectivity index (χ4v) is 4.05. The Bertz CT molecular complexity index is 504. The van der Waals surface area contributed by atoms with E-state index in [0.717, 1.165) is 28.7 Å². The van der Waals surface area contributed by atoms with Gasteiger partial charge in [0.25, 0.3) is 0 Å². The third kappa shape index (κ3) is 3.94. The predicted octanol–water partition coefficient (Wildman–Crippen LogP) is 4.73. The number of aromatic carboxylic acids is 1. The number of carboxylic acid groups (broad SMARTS) is 1. The number of anilines is 1. The van der Waals surface area contributed by atoms with Gasteiger partial charge in [-0.3, -0.25) is 0 Å². The summed E-state index contributed by atoms with van der Waals surface area (Å²) in [6.45, 7) is 6.60. The van der Waals surface area contributed by atoms with Crippen molar-refractivity contribution in [2.45, 2.75) is 51.0 Å². The van der Waals surface area contributed by atoms with E-state index in [4.69, 9.17) is 0 Å². The molecule has 0 spiro atoms. The number of hydrogen-bond acceptors (Lipinski definition) is 3. The van der Waals surface area contributed by atoms with Gasteiger partial charge in [-0.25, -0.2) is 4.79 Å². The van der Waals surface area contributed by atoms with Crippen molar-refractivity contribution in [2.75, 3.05) is 11.1 Å². The smallest absolute Gasteiger partial charge is 0.338 e. The normalized spacial score (nSPS) is 25.6. The minimum Gasteiger partial charge on any atom is -0.478 e. The van der Waals surface area contributed by atoms with Crippen LogP contribution in [0.5, 0.6) is 0 Å². The number of benzene rings is 1. The largest absolute Gasteiger partial charge is 0.478 e. The third-order valence-corrected chi connectivity index (χ3v) is 5.25. The molecule has 3 unspecified atom stereocenters. The Morgan fingerprint density at radius 2 is 2.14 bits per heavy atom. The van der Waals surface area contributed by atoms with Gasteiger partial charge in [0, 0.05) is 10.9 Å². The summed E-state index contributed by atoms with van der Waals surface area (Å²) in [5.41, 5.74) is 1.20. The van der Waals surface area contributed by atoms with Crippen molar-refractivity contribution >= 4 is 23.4 Å². The molecule has 0 aliphatic heterocycles. The molecule has 3 nitrogen and oxygen atoms in total. The Labute approximate surface area is 131 Å². The lowest BCUT2D eigenvalue weighted by molar-refractivity contribution is 0.0694. The van der Waals surface area contributed by atoms with E-state index < -0.39 is 5.97 Å². The van der Waals surface area contributed by atoms with Gasteiger partial charge in [-0.2, -0.15) is 0 Å². The van der Waals surface area contributed by atoms with Gasteiger partial charge < -0.3 is 10.4 Å². The standard InChI is InChI=1S/C17H25NO2S/c1-4-21-15-7-5-6-14(16(15)17(19)20)18-13-9-8-11(2)10-12(13)3/h5-7,11-13,18H,4,8-10H2,1-3H3,(H,19,20). The van der Waals surface area contributed by atoms with Gasteiger partial charge in [-0.1, -0.05) is 26.8 Å². The molecule has 2 rings (SSSR count). The van der Waals surface area contributed by atoms with Crippen molar-refractivity contribution < 1.29 is 9.90 Å². The second kappa shape index (κ2) is 7.21. The minimum atomic E-state index is -0.842. The summed E-state index contributed by atoms with van der Waals surface area (Å²) in [6.07, 6.45) is 3.55. The SMILES string of the molecule is CCSc1cccc(NC2CCC(C)CC2C)c1C(=O)O. The first-order valence-electron chi connectivity index (χ1n) is 7.78. The van der Waals surface area contributed by atoms with Crippen LogP contribution in [0.4, 0.5) is 5.69 Å². The third-order valence-electron chi connectivity index (χ3n) is 4.31. The zero-order valence-electron chi connectivity index (χ0n) is 13.1. The minimum absolute atomic E-state index is 0.376. The van der Waals surface area contributed by atoms with Crippen LogP contribution < -0.4 is 5.32 Å². The molecule has 1 aromatic carbocycles. The summed E-state index contributed by atoms with van der Waals surface area (Å²) in [5, 5.41) is 13.1. The van der Waals surface area contributed by atoms with Gasteiger partial charge in [-0.15, -0.1) is 11.8 Å². The van der Waals surface area contributed by atoms with Gasteiger partial charge in [0.1, 0.15) is 0 Å². The summed E-state index contributed by atoms with van der Waals surface area (Å²) in [7, 11) is 0. The first-order valence-corrected chi connectivity index (χ1v) is 8.77. The highest BCUT2D eigenvalue weighted by Gasteiger charge is 2.26. The number of nitrogens with one attached hydrogen (secondary N) is 1. The summed E-state index contributed by atoms with van der Waals surface area (Å²) in [5.74, 6) is 1.39. The van der Waals surface area contributed by atoms with Crippen LogP contribution in [0, 0.1) is 11.8 Å². The van der Waals surface area contributed by atoms with Gasteiger partial charge in [0.2, 0.25) is 0 Å². The first-order chi connectivity index (χ1) is 10.0. The van der Waals surface area contributed by atoms with Crippen molar-refractivity contribution in [3.63, 3.8) is 0 Å². The number of carboxylic acids is 1. The van der Waals surface area contributed by atoms with E-state index in [2.05, 4.69) is 19.2 Å². The second-order valence-corrected chi connectivity index (χ2v) is 7.37. The molecule has 1 aromatic rings. The maximum absolute atomic E-state index is 11.6. The molecule has 0 saturated heterocycles. The Balaban J connectivity index is 2.23. The van der Waals surface area contributed by atoms with Gasteiger partial charge in [-0.05, 0) is 49.0 Å². The van der Waals surface area contributed by atoms with Crippen molar-refractivity contribution in [1.29, 1.82) is 0 Å². The maximum Gasteiger partial charge on any atom is 0.338 e. The molecule has 116 valence electrons. The van der Waals surface area contributed by atoms with E-state index in [0.29, 0.717) is 17.5 Å². The average Bonchev–Trinajstić information content (AvgIpc) is 2.42. The predicted molar refractivity (Wildman–Crippen MR) is 89.4 cm³/mol. The van der Waals surface area contributed by atoms with Gasteiger partial charge in [0.05, 0.1) is 11.3 Å². The van der Waals surface area contributed by atoms with Crippen LogP contribution >= 0.6 is 11.8 Å². The second-order valence-electron chi connectivity index (χ2n) is 6.06. The topological polar surface area (TPSA) is 49.3 Å². The van der Waals surface area contributed by atoms with Crippen LogP contribution in [0.25, 0.3) is 0 Å². The molecular weight excluding hydrogens is 282 g/mol. The van der Waals surface area contributed by atoms with Crippen LogP contribution in [0.15, 0.2) is 23.1 Å². The molecule has 0 aromatic heterocycles. The van der Waals surface area contributed by atoms with E-state index in [1.807, 2.05) is 25.1 Å². The van der Waals surface area contributed by atoms with E-state index >= 15 is 0 Å². The molecule has 0 amide bonds. The van der Waals surface area contributed by atoms with Crippen molar-refractivity contribution in [1.82, 2.24) is 0 Å². The zero-order chi connectivity index (χ0) is 15.4. The van der Waals surface area contributed by atoms with Crippen LogP contribution in [-0.4, -0.2) is 22.9 Å². The Hall–Kier alpha value is -1.16. The number of rotatable bonds is 5. The molecule has 3 atom stereocenters. The lowest BCUT2D eigenvalue weighted by atomic mass is 9.80. The highest BCUT2D eigenvalue weighted by Crippen LogP contribution is 2.34. The zero-order valence-corrected chi connectivity index (χ0v) is 13.9. The van der Waals surface area contributed by atoms with Crippen LogP contribution in [0.3, 0.4) is 0 Å². The summed E-state index contributed by atoms with van der Waals surface area (Å²) in [4.78, 5) is 12.5. The van der Waals surface area contributed by atoms with Crippen molar-refractivity contribution in [2.24, 2.45) is 11.8 Å². The number of carbonyl (C=O) groups is 1. The lowest BCUT2D eigenvalue weighted by Crippen LogP contribution is -2.33. The molecule has 4 heteroatoms.